The summed E-state index contributed by atoms with van der Waals surface area (Å²) < 4.78 is 28.3. The highest BCUT2D eigenvalue weighted by atomic mass is 32.2. The van der Waals surface area contributed by atoms with Gasteiger partial charge in [0, 0.05) is 23.6 Å². The van der Waals surface area contributed by atoms with Gasteiger partial charge < -0.3 is 10.1 Å². The molecular weight excluding hydrogens is 244 g/mol. The Kier molecular flexibility index (Phi) is 4.23. The Balaban J connectivity index is 1.97. The molecule has 0 bridgehead atoms. The summed E-state index contributed by atoms with van der Waals surface area (Å²) in [6, 6.07) is 7.16. The van der Waals surface area contributed by atoms with Crippen LogP contribution < -0.4 is 10.1 Å². The normalized spacial score (nSPS) is 24.9. The fraction of sp³-hybridized carbons (Fsp3) is 0.500. The van der Waals surface area contributed by atoms with Crippen molar-refractivity contribution < 1.29 is 13.5 Å². The fourth-order valence-corrected chi connectivity index (χ4v) is 2.83. The largest absolute Gasteiger partial charge is 0.435 e. The monoisotopic (exact) mass is 259 g/mol. The van der Waals surface area contributed by atoms with Gasteiger partial charge in [-0.25, -0.2) is 0 Å². The van der Waals surface area contributed by atoms with Gasteiger partial charge in [-0.15, -0.1) is 0 Å². The molecule has 2 nitrogen and oxygen atoms in total. The summed E-state index contributed by atoms with van der Waals surface area (Å²) in [6.07, 6.45) is 0. The van der Waals surface area contributed by atoms with Crippen LogP contribution in [0.2, 0.25) is 0 Å². The molecule has 1 saturated heterocycles. The van der Waals surface area contributed by atoms with Crippen molar-refractivity contribution >= 4 is 11.8 Å². The molecule has 1 aromatic rings. The number of rotatable bonds is 3. The summed E-state index contributed by atoms with van der Waals surface area (Å²) in [4.78, 5) is 0. The predicted octanol–water partition coefficient (Wildman–Crippen LogP) is 3.05. The zero-order chi connectivity index (χ0) is 12.3. The number of ether oxygens (including phenoxy) is 1. The maximum absolute atomic E-state index is 12.0. The van der Waals surface area contributed by atoms with Gasteiger partial charge in [-0.3, -0.25) is 0 Å². The zero-order valence-corrected chi connectivity index (χ0v) is 10.3. The lowest BCUT2D eigenvalue weighted by molar-refractivity contribution is -0.0498. The summed E-state index contributed by atoms with van der Waals surface area (Å²) >= 11 is 1.92. The molecule has 1 heterocycles. The van der Waals surface area contributed by atoms with Crippen molar-refractivity contribution in [1.82, 2.24) is 5.32 Å². The lowest BCUT2D eigenvalue weighted by Gasteiger charge is -2.27. The molecule has 5 heteroatoms. The van der Waals surface area contributed by atoms with Crippen LogP contribution >= 0.6 is 11.8 Å². The number of alkyl halides is 2. The van der Waals surface area contributed by atoms with Gasteiger partial charge in [0.2, 0.25) is 0 Å². The van der Waals surface area contributed by atoms with E-state index in [0.717, 1.165) is 17.9 Å². The maximum atomic E-state index is 12.0. The van der Waals surface area contributed by atoms with Crippen LogP contribution in [0.25, 0.3) is 0 Å². The van der Waals surface area contributed by atoms with Crippen LogP contribution in [0, 0.1) is 0 Å². The van der Waals surface area contributed by atoms with Crippen molar-refractivity contribution in [1.29, 1.82) is 0 Å². The van der Waals surface area contributed by atoms with Crippen LogP contribution in [0.5, 0.6) is 5.75 Å². The molecular formula is C12H15F2NOS. The van der Waals surface area contributed by atoms with Gasteiger partial charge in [0.05, 0.1) is 0 Å². The van der Waals surface area contributed by atoms with E-state index in [-0.39, 0.29) is 5.75 Å². The van der Waals surface area contributed by atoms with Crippen LogP contribution in [0.15, 0.2) is 24.3 Å². The number of halogens is 2. The zero-order valence-electron chi connectivity index (χ0n) is 9.53. The quantitative estimate of drug-likeness (QED) is 0.901. The predicted molar refractivity (Wildman–Crippen MR) is 65.7 cm³/mol. The molecule has 2 unspecified atom stereocenters. The average Bonchev–Trinajstić information content (AvgIpc) is 2.30. The molecule has 0 amide bonds. The molecule has 0 saturated carbocycles. The van der Waals surface area contributed by atoms with Gasteiger partial charge in [-0.2, -0.15) is 20.5 Å². The van der Waals surface area contributed by atoms with E-state index in [0.29, 0.717) is 11.3 Å². The first-order chi connectivity index (χ1) is 8.15. The summed E-state index contributed by atoms with van der Waals surface area (Å²) in [5.74, 6) is 1.22. The molecule has 1 aliphatic heterocycles. The van der Waals surface area contributed by atoms with Crippen molar-refractivity contribution in [2.45, 2.75) is 24.8 Å². The summed E-state index contributed by atoms with van der Waals surface area (Å²) in [5, 5.41) is 4.07. The van der Waals surface area contributed by atoms with Gasteiger partial charge in [-0.05, 0) is 17.7 Å². The van der Waals surface area contributed by atoms with Gasteiger partial charge in [0.1, 0.15) is 5.75 Å². The summed E-state index contributed by atoms with van der Waals surface area (Å²) in [6.45, 7) is 0.406. The van der Waals surface area contributed by atoms with E-state index in [9.17, 15) is 8.78 Å². The maximum Gasteiger partial charge on any atom is 0.387 e. The Hall–Kier alpha value is -0.810. The van der Waals surface area contributed by atoms with E-state index in [4.69, 9.17) is 0 Å². The van der Waals surface area contributed by atoms with Crippen molar-refractivity contribution in [2.24, 2.45) is 0 Å². The fourth-order valence-electron chi connectivity index (χ4n) is 1.78. The molecule has 1 aliphatic rings. The lowest BCUT2D eigenvalue weighted by atomic mass is 10.1. The molecule has 1 N–H and O–H groups in total. The van der Waals surface area contributed by atoms with Crippen molar-refractivity contribution in [3.8, 4) is 5.75 Å². The second-order valence-electron chi connectivity index (χ2n) is 4.05. The van der Waals surface area contributed by atoms with E-state index in [1.54, 1.807) is 12.1 Å². The van der Waals surface area contributed by atoms with Crippen LogP contribution in [0.1, 0.15) is 18.5 Å². The number of benzene rings is 1. The standard InChI is InChI=1S/C12H15F2NOS/c1-8-6-15-11(7-17-8)9-2-4-10(5-3-9)16-12(13)14/h2-5,8,11-12,15H,6-7H2,1H3. The minimum absolute atomic E-state index is 0.209. The highest BCUT2D eigenvalue weighted by Gasteiger charge is 2.19. The van der Waals surface area contributed by atoms with Crippen molar-refractivity contribution in [3.05, 3.63) is 29.8 Å². The molecule has 2 atom stereocenters. The minimum atomic E-state index is -2.76. The first kappa shape index (κ1) is 12.6. The van der Waals surface area contributed by atoms with Gasteiger partial charge in [-0.1, -0.05) is 19.1 Å². The molecule has 94 valence electrons. The first-order valence-corrected chi connectivity index (χ1v) is 6.60. The van der Waals surface area contributed by atoms with E-state index >= 15 is 0 Å². The third-order valence-electron chi connectivity index (χ3n) is 2.71. The molecule has 0 radical (unpaired) electrons. The second kappa shape index (κ2) is 5.69. The van der Waals surface area contributed by atoms with Gasteiger partial charge in [0.25, 0.3) is 0 Å². The highest BCUT2D eigenvalue weighted by molar-refractivity contribution is 8.00. The Morgan fingerprint density at radius 2 is 2.06 bits per heavy atom. The Morgan fingerprint density at radius 3 is 2.59 bits per heavy atom. The number of hydrogen-bond acceptors (Lipinski definition) is 3. The SMILES string of the molecule is CC1CNC(c2ccc(OC(F)F)cc2)CS1. The summed E-state index contributed by atoms with van der Waals surface area (Å²) in [7, 11) is 0. The summed E-state index contributed by atoms with van der Waals surface area (Å²) in [5.41, 5.74) is 1.12. The van der Waals surface area contributed by atoms with Crippen LogP contribution in [-0.2, 0) is 0 Å². The Morgan fingerprint density at radius 1 is 1.35 bits per heavy atom. The molecule has 0 aliphatic carbocycles. The smallest absolute Gasteiger partial charge is 0.387 e. The van der Waals surface area contributed by atoms with E-state index in [1.807, 2.05) is 23.9 Å². The van der Waals surface area contributed by atoms with Gasteiger partial charge in [0.15, 0.2) is 0 Å². The number of hydrogen-bond donors (Lipinski definition) is 1. The van der Waals surface area contributed by atoms with Crippen LogP contribution in [0.4, 0.5) is 8.78 Å². The van der Waals surface area contributed by atoms with Gasteiger partial charge >= 0.3 is 6.61 Å². The Bertz CT molecular complexity index is 350. The molecule has 0 spiro atoms. The number of thioether (sulfide) groups is 1. The second-order valence-corrected chi connectivity index (χ2v) is 5.52. The first-order valence-electron chi connectivity index (χ1n) is 5.55. The average molecular weight is 259 g/mol. The topological polar surface area (TPSA) is 21.3 Å². The van der Waals surface area contributed by atoms with Crippen molar-refractivity contribution in [3.63, 3.8) is 0 Å². The van der Waals surface area contributed by atoms with Crippen LogP contribution in [-0.4, -0.2) is 24.2 Å². The van der Waals surface area contributed by atoms with E-state index in [2.05, 4.69) is 17.0 Å². The van der Waals surface area contributed by atoms with Crippen molar-refractivity contribution in [2.75, 3.05) is 12.3 Å². The molecule has 1 fully saturated rings. The third kappa shape index (κ3) is 3.57. The van der Waals surface area contributed by atoms with Crippen LogP contribution in [0.3, 0.4) is 0 Å². The molecule has 0 aromatic heterocycles. The molecule has 1 aromatic carbocycles. The van der Waals surface area contributed by atoms with E-state index < -0.39 is 6.61 Å². The lowest BCUT2D eigenvalue weighted by Crippen LogP contribution is -2.34. The molecule has 2 rings (SSSR count). The minimum Gasteiger partial charge on any atom is -0.435 e. The Labute approximate surface area is 104 Å². The molecule has 17 heavy (non-hydrogen) atoms. The van der Waals surface area contributed by atoms with E-state index in [1.165, 1.54) is 0 Å². The number of nitrogens with one attached hydrogen (secondary N) is 1. The third-order valence-corrected chi connectivity index (χ3v) is 3.97. The highest BCUT2D eigenvalue weighted by Crippen LogP contribution is 2.27.